The zero-order valence-electron chi connectivity index (χ0n) is 16.1. The molecule has 5 nitrogen and oxygen atoms in total. The first-order valence-corrected chi connectivity index (χ1v) is 9.38. The summed E-state index contributed by atoms with van der Waals surface area (Å²) in [6.45, 7) is 0. The van der Waals surface area contributed by atoms with Crippen molar-refractivity contribution in [3.05, 3.63) is 108 Å². The van der Waals surface area contributed by atoms with Crippen LogP contribution in [0.3, 0.4) is 0 Å². The van der Waals surface area contributed by atoms with Gasteiger partial charge in [-0.2, -0.15) is 0 Å². The molecule has 0 saturated carbocycles. The first-order valence-electron chi connectivity index (χ1n) is 9.38. The van der Waals surface area contributed by atoms with E-state index in [2.05, 4.69) is 0 Å². The molecule has 4 N–H and O–H groups in total. The van der Waals surface area contributed by atoms with Gasteiger partial charge in [0.2, 0.25) is 0 Å². The van der Waals surface area contributed by atoms with Crippen LogP contribution in [0.2, 0.25) is 0 Å². The lowest BCUT2D eigenvalue weighted by Crippen LogP contribution is -2.01. The molecular weight excluding hydrogens is 376 g/mol. The lowest BCUT2D eigenvalue weighted by molar-refractivity contribution is 0.103. The normalized spacial score (nSPS) is 10.4. The molecule has 0 bridgehead atoms. The van der Waals surface area contributed by atoms with Crippen molar-refractivity contribution in [1.29, 1.82) is 0 Å². The number of benzene rings is 4. The molecule has 4 aromatic carbocycles. The Morgan fingerprint density at radius 3 is 1.30 bits per heavy atom. The molecule has 4 rings (SSSR count). The maximum atomic E-state index is 12.8. The van der Waals surface area contributed by atoms with Crippen molar-refractivity contribution in [1.82, 2.24) is 0 Å². The van der Waals surface area contributed by atoms with E-state index in [4.69, 9.17) is 20.9 Å². The summed E-state index contributed by atoms with van der Waals surface area (Å²) in [6, 6.07) is 28.3. The first-order chi connectivity index (χ1) is 14.6. The molecule has 0 saturated heterocycles. The standard InChI is InChI=1S/C25H20N2O3/c26-19-3-1-5-23(15-19)29-21-11-7-17(8-12-21)25(28)18-9-13-22(14-10-18)30-24-6-2-4-20(27)16-24/h1-16H,26-27H2. The zero-order valence-corrected chi connectivity index (χ0v) is 16.1. The average molecular weight is 396 g/mol. The third-order valence-corrected chi connectivity index (χ3v) is 4.42. The van der Waals surface area contributed by atoms with Crippen LogP contribution < -0.4 is 20.9 Å². The lowest BCUT2D eigenvalue weighted by Gasteiger charge is -2.08. The van der Waals surface area contributed by atoms with E-state index in [1.807, 2.05) is 24.3 Å². The van der Waals surface area contributed by atoms with Gasteiger partial charge in [-0.25, -0.2) is 0 Å². The third-order valence-electron chi connectivity index (χ3n) is 4.42. The molecule has 0 unspecified atom stereocenters. The summed E-state index contributed by atoms with van der Waals surface area (Å²) in [5.74, 6) is 2.46. The molecule has 5 heteroatoms. The van der Waals surface area contributed by atoms with Crippen LogP contribution in [0.4, 0.5) is 11.4 Å². The molecule has 0 aliphatic heterocycles. The van der Waals surface area contributed by atoms with Crippen molar-refractivity contribution in [2.45, 2.75) is 0 Å². The SMILES string of the molecule is Nc1cccc(Oc2ccc(C(=O)c3ccc(Oc4cccc(N)c4)cc3)cc2)c1. The van der Waals surface area contributed by atoms with Crippen LogP contribution in [-0.4, -0.2) is 5.78 Å². The number of hydrogen-bond acceptors (Lipinski definition) is 5. The second-order valence-corrected chi connectivity index (χ2v) is 6.73. The molecule has 0 radical (unpaired) electrons. The summed E-state index contributed by atoms with van der Waals surface area (Å²) >= 11 is 0. The summed E-state index contributed by atoms with van der Waals surface area (Å²) in [6.07, 6.45) is 0. The van der Waals surface area contributed by atoms with Crippen molar-refractivity contribution in [2.75, 3.05) is 11.5 Å². The minimum Gasteiger partial charge on any atom is -0.457 e. The molecule has 0 aliphatic rings. The van der Waals surface area contributed by atoms with Gasteiger partial charge in [-0.05, 0) is 72.8 Å². The highest BCUT2D eigenvalue weighted by Gasteiger charge is 2.10. The van der Waals surface area contributed by atoms with Crippen LogP contribution in [0.1, 0.15) is 15.9 Å². The van der Waals surface area contributed by atoms with E-state index >= 15 is 0 Å². The Morgan fingerprint density at radius 2 is 0.933 bits per heavy atom. The number of anilines is 2. The summed E-state index contributed by atoms with van der Waals surface area (Å²) < 4.78 is 11.5. The van der Waals surface area contributed by atoms with Crippen molar-refractivity contribution >= 4 is 17.2 Å². The van der Waals surface area contributed by atoms with E-state index in [0.29, 0.717) is 45.5 Å². The van der Waals surface area contributed by atoms with Crippen molar-refractivity contribution in [3.63, 3.8) is 0 Å². The lowest BCUT2D eigenvalue weighted by atomic mass is 10.0. The number of rotatable bonds is 6. The largest absolute Gasteiger partial charge is 0.457 e. The van der Waals surface area contributed by atoms with E-state index in [9.17, 15) is 4.79 Å². The second-order valence-electron chi connectivity index (χ2n) is 6.73. The Balaban J connectivity index is 1.43. The molecule has 0 aliphatic carbocycles. The van der Waals surface area contributed by atoms with Crippen LogP contribution in [0.25, 0.3) is 0 Å². The van der Waals surface area contributed by atoms with Gasteiger partial charge in [0, 0.05) is 34.6 Å². The minimum absolute atomic E-state index is 0.0824. The number of nitrogens with two attached hydrogens (primary N) is 2. The molecule has 0 heterocycles. The van der Waals surface area contributed by atoms with Gasteiger partial charge in [0.15, 0.2) is 5.78 Å². The quantitative estimate of drug-likeness (QED) is 0.324. The minimum atomic E-state index is -0.0824. The predicted octanol–water partition coefficient (Wildman–Crippen LogP) is 5.67. The van der Waals surface area contributed by atoms with E-state index < -0.39 is 0 Å². The first kappa shape index (κ1) is 19.1. The number of ether oxygens (including phenoxy) is 2. The fourth-order valence-corrected chi connectivity index (χ4v) is 2.94. The van der Waals surface area contributed by atoms with Crippen LogP contribution in [0, 0.1) is 0 Å². The highest BCUT2D eigenvalue weighted by molar-refractivity contribution is 6.09. The number of nitrogen functional groups attached to an aromatic ring is 2. The number of carbonyl (C=O) groups is 1. The fraction of sp³-hybridized carbons (Fsp3) is 0. The maximum absolute atomic E-state index is 12.8. The monoisotopic (exact) mass is 396 g/mol. The maximum Gasteiger partial charge on any atom is 0.193 e. The average Bonchev–Trinajstić information content (AvgIpc) is 2.74. The van der Waals surface area contributed by atoms with Gasteiger partial charge in [-0.15, -0.1) is 0 Å². The van der Waals surface area contributed by atoms with Gasteiger partial charge in [-0.1, -0.05) is 12.1 Å². The van der Waals surface area contributed by atoms with Gasteiger partial charge in [0.05, 0.1) is 0 Å². The van der Waals surface area contributed by atoms with Crippen molar-refractivity contribution in [2.24, 2.45) is 0 Å². The molecule has 0 aromatic heterocycles. The fourth-order valence-electron chi connectivity index (χ4n) is 2.94. The number of hydrogen-bond donors (Lipinski definition) is 2. The molecular formula is C25H20N2O3. The molecule has 4 aromatic rings. The second kappa shape index (κ2) is 8.41. The summed E-state index contributed by atoms with van der Waals surface area (Å²) in [4.78, 5) is 12.8. The highest BCUT2D eigenvalue weighted by atomic mass is 16.5. The van der Waals surface area contributed by atoms with E-state index in [-0.39, 0.29) is 5.78 Å². The Bertz CT molecular complexity index is 1080. The Kier molecular flexibility index (Phi) is 5.35. The topological polar surface area (TPSA) is 87.6 Å². The molecule has 148 valence electrons. The summed E-state index contributed by atoms with van der Waals surface area (Å²) in [5.41, 5.74) is 13.9. The number of ketones is 1. The van der Waals surface area contributed by atoms with Crippen LogP contribution in [0.5, 0.6) is 23.0 Å². The predicted molar refractivity (Wildman–Crippen MR) is 118 cm³/mol. The molecule has 30 heavy (non-hydrogen) atoms. The van der Waals surface area contributed by atoms with Crippen LogP contribution >= 0.6 is 0 Å². The molecule has 0 atom stereocenters. The number of carbonyl (C=O) groups excluding carboxylic acids is 1. The van der Waals surface area contributed by atoms with E-state index in [1.54, 1.807) is 72.8 Å². The van der Waals surface area contributed by atoms with Gasteiger partial charge in [-0.3, -0.25) is 4.79 Å². The van der Waals surface area contributed by atoms with Gasteiger partial charge in [0.1, 0.15) is 23.0 Å². The van der Waals surface area contributed by atoms with Crippen molar-refractivity contribution in [3.8, 4) is 23.0 Å². The van der Waals surface area contributed by atoms with Crippen LogP contribution in [-0.2, 0) is 0 Å². The Labute approximate surface area is 174 Å². The van der Waals surface area contributed by atoms with Crippen molar-refractivity contribution < 1.29 is 14.3 Å². The Hall–Kier alpha value is -4.25. The molecule has 0 fully saturated rings. The third kappa shape index (κ3) is 4.59. The molecule has 0 spiro atoms. The smallest absolute Gasteiger partial charge is 0.193 e. The highest BCUT2D eigenvalue weighted by Crippen LogP contribution is 2.26. The zero-order chi connectivity index (χ0) is 20.9. The van der Waals surface area contributed by atoms with E-state index in [0.717, 1.165) is 0 Å². The summed E-state index contributed by atoms with van der Waals surface area (Å²) in [5, 5.41) is 0. The molecule has 0 amide bonds. The van der Waals surface area contributed by atoms with Gasteiger partial charge >= 0.3 is 0 Å². The van der Waals surface area contributed by atoms with Gasteiger partial charge < -0.3 is 20.9 Å². The van der Waals surface area contributed by atoms with Crippen LogP contribution in [0.15, 0.2) is 97.1 Å². The Morgan fingerprint density at radius 1 is 0.533 bits per heavy atom. The van der Waals surface area contributed by atoms with E-state index in [1.165, 1.54) is 0 Å². The van der Waals surface area contributed by atoms with Gasteiger partial charge in [0.25, 0.3) is 0 Å². The summed E-state index contributed by atoms with van der Waals surface area (Å²) in [7, 11) is 0.